The molecule has 0 aromatic rings. The van der Waals surface area contributed by atoms with Crippen molar-refractivity contribution >= 4 is 72.1 Å². The van der Waals surface area contributed by atoms with Gasteiger partial charge in [-0.15, -0.1) is 0 Å². The molecule has 36 nitrogen and oxygen atoms in total. The number of aliphatic carboxylic acids is 3. The SMILES string of the molecule is CC([NH3+])C(=O)[O-].CC([NH3+])C(N)=O.COC(=O)C(C)[NH3+].COC(=O)C([NH3+])CC1=CN=CC1.COC(=O)C([NH3+])CCCC[NH3+].CSCCC([NH3+])C(=O)[O-].[NH3+]C(CC1=CN=CC1)C(=O)[O-].[NH3+]CCC1=CN=CC1.[NH3+]CCCCCCCCNCCC[NH3+].[NH3+]CCCCC[NH3+].[NH3+]CCCCNCCC[NH3+].[NH3+]CCCC[NH3+]. The van der Waals surface area contributed by atoms with E-state index in [0.717, 1.165) is 147 Å². The molecule has 0 spiro atoms. The number of rotatable bonds is 45. The first kappa shape index (κ1) is 119. The van der Waals surface area contributed by atoms with Crippen LogP contribution in [0.1, 0.15) is 181 Å². The van der Waals surface area contributed by atoms with Crippen molar-refractivity contribution in [3.8, 4) is 0 Å². The summed E-state index contributed by atoms with van der Waals surface area (Å²) in [4.78, 5) is 83.4. The summed E-state index contributed by atoms with van der Waals surface area (Å²) in [5.41, 5.74) is 70.0. The number of aliphatic imine (C=N–C) groups is 3. The van der Waals surface area contributed by atoms with Crippen LogP contribution in [-0.2, 0) is 47.8 Å². The van der Waals surface area contributed by atoms with E-state index in [4.69, 9.17) is 5.73 Å². The Kier molecular flexibility index (Phi) is 110. The Hall–Kier alpha value is -5.89. The van der Waals surface area contributed by atoms with E-state index in [0.29, 0.717) is 19.3 Å². The second-order valence-corrected chi connectivity index (χ2v) is 26.1. The molecule has 634 valence electrons. The third kappa shape index (κ3) is 109. The zero-order valence-electron chi connectivity index (χ0n) is 68.4. The van der Waals surface area contributed by atoms with Gasteiger partial charge in [-0.25, -0.2) is 14.4 Å². The average Bonchev–Trinajstić information content (AvgIpc) is 1.86. The molecular weight excluding hydrogens is 1400 g/mol. The fourth-order valence-corrected chi connectivity index (χ4v) is 7.92. The lowest BCUT2D eigenvalue weighted by atomic mass is 10.1. The van der Waals surface area contributed by atoms with Gasteiger partial charge in [0.25, 0.3) is 5.91 Å². The van der Waals surface area contributed by atoms with Crippen molar-refractivity contribution in [3.05, 3.63) is 35.3 Å². The van der Waals surface area contributed by atoms with E-state index in [1.54, 1.807) is 44.2 Å². The molecule has 37 heteroatoms. The van der Waals surface area contributed by atoms with Gasteiger partial charge in [0.2, 0.25) is 0 Å². The van der Waals surface area contributed by atoms with E-state index in [1.165, 1.54) is 137 Å². The molecule has 107 heavy (non-hydrogen) atoms. The molecular formula is C70H169N23O13S+14. The molecule has 3 heterocycles. The molecule has 0 saturated carbocycles. The summed E-state index contributed by atoms with van der Waals surface area (Å²) >= 11 is 1.62. The van der Waals surface area contributed by atoms with Crippen molar-refractivity contribution in [3.63, 3.8) is 0 Å². The van der Waals surface area contributed by atoms with E-state index in [2.05, 4.69) is 137 Å². The van der Waals surface area contributed by atoms with E-state index in [9.17, 15) is 48.9 Å². The van der Waals surface area contributed by atoms with Gasteiger partial charge in [-0.2, -0.15) is 11.8 Å². The Morgan fingerprint density at radius 2 is 0.701 bits per heavy atom. The predicted molar refractivity (Wildman–Crippen MR) is 411 cm³/mol. The fourth-order valence-electron chi connectivity index (χ4n) is 7.40. The monoisotopic (exact) mass is 1570 g/mol. The summed E-state index contributed by atoms with van der Waals surface area (Å²) in [7, 11) is 4.12. The Labute approximate surface area is 645 Å². The highest BCUT2D eigenvalue weighted by Crippen LogP contribution is 2.13. The predicted octanol–water partition coefficient (Wildman–Crippen LogP) is -17.0. The first-order valence-corrected chi connectivity index (χ1v) is 39.7. The van der Waals surface area contributed by atoms with Crippen LogP contribution in [0.25, 0.3) is 0 Å². The number of quaternary nitrogens is 17. The summed E-state index contributed by atoms with van der Waals surface area (Å²) in [6.45, 7) is 19.9. The average molecular weight is 1570 g/mol. The molecule has 3 rings (SSSR count). The second-order valence-electron chi connectivity index (χ2n) is 25.2. The number of amides is 1. The molecule has 0 aromatic heterocycles. The highest BCUT2D eigenvalue weighted by Gasteiger charge is 2.20. The molecule has 0 fully saturated rings. The zero-order chi connectivity index (χ0) is 83.7. The molecule has 1 amide bonds. The maximum atomic E-state index is 10.9. The minimum atomic E-state index is -1.10. The largest absolute Gasteiger partial charge is 0.544 e. The number of nitrogens with one attached hydrogen (secondary N) is 2. The summed E-state index contributed by atoms with van der Waals surface area (Å²) in [5.74, 6) is -3.51. The molecule has 7 atom stereocenters. The number of hydrogen-bond acceptors (Lipinski definition) is 19. The van der Waals surface area contributed by atoms with Crippen LogP contribution in [0.3, 0.4) is 0 Å². The van der Waals surface area contributed by atoms with Gasteiger partial charge in [0.15, 0.2) is 24.2 Å². The Morgan fingerprint density at radius 3 is 1.00 bits per heavy atom. The van der Waals surface area contributed by atoms with Crippen LogP contribution >= 0.6 is 11.8 Å². The summed E-state index contributed by atoms with van der Waals surface area (Å²) in [6, 6.07) is -2.80. The van der Waals surface area contributed by atoms with E-state index in [1.807, 2.05) is 24.9 Å². The number of carboxylic acid groups (broad SMARTS) is 3. The van der Waals surface area contributed by atoms with Crippen LogP contribution in [-0.4, -0.2) is 228 Å². The maximum absolute atomic E-state index is 10.9. The van der Waals surface area contributed by atoms with Gasteiger partial charge in [-0.1, -0.05) is 19.3 Å². The molecule has 7 unspecified atom stereocenters. The molecule has 55 N–H and O–H groups in total. The van der Waals surface area contributed by atoms with Crippen LogP contribution in [0, 0.1) is 0 Å². The lowest BCUT2D eigenvalue weighted by molar-refractivity contribution is -0.437. The Balaban J connectivity index is -0.000000141. The van der Waals surface area contributed by atoms with Gasteiger partial charge in [0.1, 0.15) is 18.1 Å². The number of primary amides is 1. The second kappa shape index (κ2) is 98.1. The molecule has 0 radical (unpaired) electrons. The number of carboxylic acids is 3. The number of esters is 3. The first-order valence-electron chi connectivity index (χ1n) is 38.3. The normalized spacial score (nSPS) is 13.3. The van der Waals surface area contributed by atoms with Crippen LogP contribution in [0.2, 0.25) is 0 Å². The number of ether oxygens (including phenoxy) is 3. The molecule has 0 saturated heterocycles. The number of carbonyl (C=O) groups is 7. The van der Waals surface area contributed by atoms with Gasteiger partial charge in [-0.05, 0) is 127 Å². The van der Waals surface area contributed by atoms with Crippen molar-refractivity contribution in [1.29, 1.82) is 0 Å². The van der Waals surface area contributed by atoms with E-state index >= 15 is 0 Å². The van der Waals surface area contributed by atoms with Gasteiger partial charge >= 0.3 is 17.9 Å². The minimum Gasteiger partial charge on any atom is -0.544 e. The third-order valence-corrected chi connectivity index (χ3v) is 14.9. The van der Waals surface area contributed by atoms with Crippen molar-refractivity contribution in [1.82, 2.24) is 10.6 Å². The van der Waals surface area contributed by atoms with Crippen LogP contribution in [0.4, 0.5) is 0 Å². The summed E-state index contributed by atoms with van der Waals surface area (Å²) in [6.07, 6.45) is 40.6. The number of unbranched alkanes of at least 4 members (excludes halogenated alkanes) is 10. The lowest BCUT2D eigenvalue weighted by Gasteiger charge is -2.08. The van der Waals surface area contributed by atoms with Crippen LogP contribution in [0.5, 0.6) is 0 Å². The lowest BCUT2D eigenvalue weighted by Crippen LogP contribution is -2.68. The standard InChI is InChI=1S/C11H27N3.C8H12N2O2.C7H19N3.C7H10N2O2.C7H16N2O2.C6H10N2.C5H14N2.C5H11NO2S.C4H12N2.C4H9NO2.C3H8N2O.C3H7NO2/c12-8-5-3-1-2-4-6-10-14-11-7-9-13;1-12-8(11)7(9)4-6-2-3-10-5-6;8-4-1-2-6-10-7-3-5-9;8-6(7(10)11)3-5-1-2-9-4-5;1-11-7(10)6(9)4-2-3-5-8;7-3-1-6-2-4-8-5-6;6-4-2-1-3-5-7;1-9-3-2-4(6)5(7)8;5-3-1-2-4-6;1-3(5)4(6)7-2;2*1-2(4)3(5)6/h14H,1-13H2;3,5,7H,2,4,9H2,1H3;10H,1-9H2;2,4,6H,1,3,8H2,(H,10,11);6H,2-5,8-9H2,1H3;4-5H,1-3,7H2;1-7H2;4H,2-3,6H2,1H3,(H,7,8);1-6H2;3H,5H2,1-2H3;2H,4H2,1H3,(H2,5,6);2H,4H2,1H3,(H,5,6)/p+14. The minimum absolute atomic E-state index is 0.202. The van der Waals surface area contributed by atoms with Crippen molar-refractivity contribution in [2.75, 3.05) is 125 Å². The molecule has 0 bridgehead atoms. The smallest absolute Gasteiger partial charge is 0.364 e. The van der Waals surface area contributed by atoms with Gasteiger partial charge < -0.3 is 158 Å². The number of methoxy groups -OCH3 is 3. The van der Waals surface area contributed by atoms with Crippen molar-refractivity contribution in [2.45, 2.75) is 224 Å². The number of thioether (sulfide) groups is 1. The quantitative estimate of drug-likeness (QED) is 0.0153. The Morgan fingerprint density at radius 1 is 0.402 bits per heavy atom. The highest BCUT2D eigenvalue weighted by atomic mass is 32.2. The van der Waals surface area contributed by atoms with Crippen molar-refractivity contribution < 1.29 is 161 Å². The summed E-state index contributed by atoms with van der Waals surface area (Å²) in [5, 5.41) is 36.6. The molecule has 3 aliphatic rings. The topological polar surface area (TPSA) is 773 Å². The number of hydrogen-bond donors (Lipinski definition) is 20. The van der Waals surface area contributed by atoms with Gasteiger partial charge in [-0.3, -0.25) is 19.8 Å². The number of carbonyl (C=O) groups excluding carboxylic acids is 7. The van der Waals surface area contributed by atoms with Crippen LogP contribution in [0.15, 0.2) is 50.3 Å². The number of nitrogens with two attached hydrogens (primary N) is 1. The first-order chi connectivity index (χ1) is 50.9. The molecule has 0 aliphatic carbocycles. The molecule has 3 aliphatic heterocycles. The van der Waals surface area contributed by atoms with E-state index in [-0.39, 0.29) is 48.0 Å². The van der Waals surface area contributed by atoms with Gasteiger partial charge in [0, 0.05) is 127 Å². The third-order valence-electron chi connectivity index (χ3n) is 14.3. The molecule has 0 aromatic carbocycles. The van der Waals surface area contributed by atoms with E-state index < -0.39 is 36.0 Å². The van der Waals surface area contributed by atoms with Gasteiger partial charge in [0.05, 0.1) is 105 Å². The maximum Gasteiger partial charge on any atom is 0.364 e. The fraction of sp³-hybridized carbons (Fsp3) is 0.771. The highest BCUT2D eigenvalue weighted by molar-refractivity contribution is 7.98. The summed E-state index contributed by atoms with van der Waals surface area (Å²) < 4.78 is 13.4. The number of nitrogens with zero attached hydrogens (tertiary/aromatic N) is 3. The van der Waals surface area contributed by atoms with Crippen molar-refractivity contribution in [2.24, 2.45) is 20.7 Å². The van der Waals surface area contributed by atoms with Crippen LogP contribution < -0.4 is 129 Å². The Bertz CT molecular complexity index is 2160. The zero-order valence-corrected chi connectivity index (χ0v) is 69.3.